The molecule has 0 saturated carbocycles. The first-order valence-corrected chi connectivity index (χ1v) is 7.37. The molecule has 2 rings (SSSR count). The molecule has 2 aromatic carbocycles. The van der Waals surface area contributed by atoms with Crippen LogP contribution in [-0.2, 0) is 4.79 Å². The topological polar surface area (TPSA) is 58.2 Å². The molecular formula is C18H20N2O2. The van der Waals surface area contributed by atoms with Crippen molar-refractivity contribution in [1.82, 2.24) is 0 Å². The van der Waals surface area contributed by atoms with Crippen molar-refractivity contribution >= 4 is 23.2 Å². The van der Waals surface area contributed by atoms with E-state index in [0.29, 0.717) is 23.4 Å². The van der Waals surface area contributed by atoms with E-state index in [9.17, 15) is 9.59 Å². The van der Waals surface area contributed by atoms with Gasteiger partial charge in [-0.2, -0.15) is 0 Å². The van der Waals surface area contributed by atoms with Gasteiger partial charge in [0.2, 0.25) is 5.91 Å². The summed E-state index contributed by atoms with van der Waals surface area (Å²) in [6, 6.07) is 14.6. The summed E-state index contributed by atoms with van der Waals surface area (Å²) in [5.41, 5.74) is 2.74. The Morgan fingerprint density at radius 2 is 1.50 bits per heavy atom. The molecule has 0 aliphatic carbocycles. The van der Waals surface area contributed by atoms with Crippen molar-refractivity contribution < 1.29 is 9.59 Å². The van der Waals surface area contributed by atoms with Crippen LogP contribution in [0, 0.1) is 6.92 Å². The van der Waals surface area contributed by atoms with Crippen LogP contribution in [0.5, 0.6) is 0 Å². The SMILES string of the molecule is CCCC(=O)Nc1ccccc1NC(=O)c1ccccc1C. The number of anilines is 2. The van der Waals surface area contributed by atoms with Crippen LogP contribution >= 0.6 is 0 Å². The molecule has 2 aromatic rings. The van der Waals surface area contributed by atoms with Gasteiger partial charge < -0.3 is 10.6 Å². The molecule has 22 heavy (non-hydrogen) atoms. The maximum absolute atomic E-state index is 12.4. The highest BCUT2D eigenvalue weighted by molar-refractivity contribution is 6.08. The zero-order chi connectivity index (χ0) is 15.9. The molecule has 0 saturated heterocycles. The van der Waals surface area contributed by atoms with E-state index < -0.39 is 0 Å². The average molecular weight is 296 g/mol. The quantitative estimate of drug-likeness (QED) is 0.876. The molecule has 0 bridgehead atoms. The summed E-state index contributed by atoms with van der Waals surface area (Å²) in [7, 11) is 0. The molecule has 0 unspecified atom stereocenters. The third kappa shape index (κ3) is 3.95. The van der Waals surface area contributed by atoms with Crippen LogP contribution in [0.1, 0.15) is 35.7 Å². The Balaban J connectivity index is 2.18. The number of para-hydroxylation sites is 2. The van der Waals surface area contributed by atoms with Crippen molar-refractivity contribution in [3.05, 3.63) is 59.7 Å². The van der Waals surface area contributed by atoms with Gasteiger partial charge in [0.05, 0.1) is 11.4 Å². The van der Waals surface area contributed by atoms with Crippen molar-refractivity contribution in [3.63, 3.8) is 0 Å². The zero-order valence-corrected chi connectivity index (χ0v) is 12.8. The van der Waals surface area contributed by atoms with Gasteiger partial charge in [0.1, 0.15) is 0 Å². The fraction of sp³-hybridized carbons (Fsp3) is 0.222. The van der Waals surface area contributed by atoms with Gasteiger partial charge in [-0.3, -0.25) is 9.59 Å². The maximum Gasteiger partial charge on any atom is 0.255 e. The van der Waals surface area contributed by atoms with E-state index in [2.05, 4.69) is 10.6 Å². The molecule has 0 atom stereocenters. The molecule has 0 aliphatic rings. The molecule has 4 heteroatoms. The van der Waals surface area contributed by atoms with E-state index in [-0.39, 0.29) is 11.8 Å². The molecule has 0 aromatic heterocycles. The minimum atomic E-state index is -0.185. The second kappa shape index (κ2) is 7.41. The minimum absolute atomic E-state index is 0.0555. The Morgan fingerprint density at radius 1 is 0.909 bits per heavy atom. The Hall–Kier alpha value is -2.62. The van der Waals surface area contributed by atoms with Crippen molar-refractivity contribution in [3.8, 4) is 0 Å². The summed E-state index contributed by atoms with van der Waals surface area (Å²) in [4.78, 5) is 24.1. The number of carbonyl (C=O) groups is 2. The van der Waals surface area contributed by atoms with Gasteiger partial charge >= 0.3 is 0 Å². The standard InChI is InChI=1S/C18H20N2O2/c1-3-8-17(21)19-15-11-6-7-12-16(15)20-18(22)14-10-5-4-9-13(14)2/h4-7,9-12H,3,8H2,1-2H3,(H,19,21)(H,20,22). The number of aryl methyl sites for hydroxylation is 1. The summed E-state index contributed by atoms with van der Waals surface area (Å²) in [6.07, 6.45) is 1.24. The van der Waals surface area contributed by atoms with E-state index >= 15 is 0 Å². The largest absolute Gasteiger partial charge is 0.324 e. The van der Waals surface area contributed by atoms with Gasteiger partial charge in [0.15, 0.2) is 0 Å². The summed E-state index contributed by atoms with van der Waals surface area (Å²) in [6.45, 7) is 3.84. The van der Waals surface area contributed by atoms with Gasteiger partial charge in [-0.25, -0.2) is 0 Å². The van der Waals surface area contributed by atoms with Gasteiger partial charge in [0.25, 0.3) is 5.91 Å². The van der Waals surface area contributed by atoms with Crippen LogP contribution in [0.15, 0.2) is 48.5 Å². The first-order valence-electron chi connectivity index (χ1n) is 7.37. The lowest BCUT2D eigenvalue weighted by Crippen LogP contribution is -2.17. The van der Waals surface area contributed by atoms with Crippen LogP contribution in [0.25, 0.3) is 0 Å². The maximum atomic E-state index is 12.4. The lowest BCUT2D eigenvalue weighted by atomic mass is 10.1. The predicted molar refractivity (Wildman–Crippen MR) is 89.1 cm³/mol. The highest BCUT2D eigenvalue weighted by atomic mass is 16.2. The van der Waals surface area contributed by atoms with Gasteiger partial charge in [0, 0.05) is 12.0 Å². The molecule has 0 radical (unpaired) electrons. The summed E-state index contributed by atoms with van der Waals surface area (Å²) >= 11 is 0. The summed E-state index contributed by atoms with van der Waals surface area (Å²) < 4.78 is 0. The fourth-order valence-corrected chi connectivity index (χ4v) is 2.16. The van der Waals surface area contributed by atoms with E-state index in [4.69, 9.17) is 0 Å². The highest BCUT2D eigenvalue weighted by Gasteiger charge is 2.11. The van der Waals surface area contributed by atoms with Gasteiger partial charge in [-0.15, -0.1) is 0 Å². The molecular weight excluding hydrogens is 276 g/mol. The Labute approximate surface area is 130 Å². The van der Waals surface area contributed by atoms with Crippen molar-refractivity contribution in [2.75, 3.05) is 10.6 Å². The Bertz CT molecular complexity index is 680. The third-order valence-corrected chi connectivity index (χ3v) is 3.32. The summed E-state index contributed by atoms with van der Waals surface area (Å²) in [5.74, 6) is -0.240. The smallest absolute Gasteiger partial charge is 0.255 e. The molecule has 4 nitrogen and oxygen atoms in total. The molecule has 0 spiro atoms. The number of hydrogen-bond acceptors (Lipinski definition) is 2. The normalized spacial score (nSPS) is 10.1. The molecule has 2 N–H and O–H groups in total. The van der Waals surface area contributed by atoms with Crippen LogP contribution < -0.4 is 10.6 Å². The second-order valence-electron chi connectivity index (χ2n) is 5.11. The predicted octanol–water partition coefficient (Wildman–Crippen LogP) is 3.99. The lowest BCUT2D eigenvalue weighted by Gasteiger charge is -2.13. The van der Waals surface area contributed by atoms with Crippen LogP contribution in [0.3, 0.4) is 0 Å². The molecule has 2 amide bonds. The van der Waals surface area contributed by atoms with Crippen molar-refractivity contribution in [2.24, 2.45) is 0 Å². The summed E-state index contributed by atoms with van der Waals surface area (Å²) in [5, 5.41) is 5.69. The minimum Gasteiger partial charge on any atom is -0.324 e. The second-order valence-corrected chi connectivity index (χ2v) is 5.11. The first kappa shape index (κ1) is 15.8. The van der Waals surface area contributed by atoms with E-state index in [0.717, 1.165) is 12.0 Å². The first-order chi connectivity index (χ1) is 10.6. The van der Waals surface area contributed by atoms with Crippen LogP contribution in [0.2, 0.25) is 0 Å². The van der Waals surface area contributed by atoms with E-state index in [1.165, 1.54) is 0 Å². The number of benzene rings is 2. The molecule has 0 heterocycles. The van der Waals surface area contributed by atoms with E-state index in [1.54, 1.807) is 18.2 Å². The van der Waals surface area contributed by atoms with E-state index in [1.807, 2.05) is 44.2 Å². The van der Waals surface area contributed by atoms with Crippen molar-refractivity contribution in [2.45, 2.75) is 26.7 Å². The van der Waals surface area contributed by atoms with Crippen LogP contribution in [0.4, 0.5) is 11.4 Å². The van der Waals surface area contributed by atoms with Gasteiger partial charge in [-0.05, 0) is 37.1 Å². The average Bonchev–Trinajstić information content (AvgIpc) is 2.50. The Morgan fingerprint density at radius 3 is 2.14 bits per heavy atom. The monoisotopic (exact) mass is 296 g/mol. The van der Waals surface area contributed by atoms with Gasteiger partial charge in [-0.1, -0.05) is 37.3 Å². The number of carbonyl (C=O) groups excluding carboxylic acids is 2. The number of amides is 2. The van der Waals surface area contributed by atoms with Crippen LogP contribution in [-0.4, -0.2) is 11.8 Å². The molecule has 0 aliphatic heterocycles. The molecule has 114 valence electrons. The number of rotatable bonds is 5. The zero-order valence-electron chi connectivity index (χ0n) is 12.8. The number of nitrogens with one attached hydrogen (secondary N) is 2. The molecule has 0 fully saturated rings. The third-order valence-electron chi connectivity index (χ3n) is 3.32. The fourth-order valence-electron chi connectivity index (χ4n) is 2.16. The lowest BCUT2D eigenvalue weighted by molar-refractivity contribution is -0.116. The number of hydrogen-bond donors (Lipinski definition) is 2. The Kier molecular flexibility index (Phi) is 5.31. The highest BCUT2D eigenvalue weighted by Crippen LogP contribution is 2.22. The van der Waals surface area contributed by atoms with Crippen molar-refractivity contribution in [1.29, 1.82) is 0 Å².